The molecule has 0 saturated carbocycles. The Morgan fingerprint density at radius 1 is 0.595 bits per heavy atom. The van der Waals surface area contributed by atoms with Crippen LogP contribution in [0.3, 0.4) is 0 Å². The average molecular weight is 588 g/mol. The van der Waals surface area contributed by atoms with Crippen molar-refractivity contribution in [2.45, 2.75) is 33.4 Å². The van der Waals surface area contributed by atoms with E-state index in [1.165, 1.54) is 60.3 Å². The topological polar surface area (TPSA) is 83.6 Å². The van der Waals surface area contributed by atoms with Crippen LogP contribution in [0.1, 0.15) is 11.1 Å². The zero-order valence-electron chi connectivity index (χ0n) is 19.7. The molecule has 0 amide bonds. The summed E-state index contributed by atoms with van der Waals surface area (Å²) >= 11 is 15.1. The van der Waals surface area contributed by atoms with Crippen LogP contribution in [0.5, 0.6) is 0 Å². The molecule has 0 aliphatic rings. The van der Waals surface area contributed by atoms with Crippen LogP contribution in [0.15, 0.2) is 124 Å². The normalized spacial score (nSPS) is 12.0. The maximum atomic E-state index is 13.3. The van der Waals surface area contributed by atoms with E-state index in [0.717, 1.165) is 20.9 Å². The molecule has 6 nitrogen and oxygen atoms in total. The third-order valence-corrected chi connectivity index (χ3v) is 9.07. The van der Waals surface area contributed by atoms with Gasteiger partial charge in [-0.05, 0) is 74.5 Å². The Labute approximate surface area is 234 Å². The molecule has 0 aromatic heterocycles. The van der Waals surface area contributed by atoms with Gasteiger partial charge in [0.1, 0.15) is 0 Å². The molecule has 0 radical (unpaired) electrons. The third-order valence-electron chi connectivity index (χ3n) is 5.06. The minimum Gasteiger partial charge on any atom is -0.218 e. The number of halogens is 2. The Morgan fingerprint density at radius 2 is 0.973 bits per heavy atom. The summed E-state index contributed by atoms with van der Waals surface area (Å²) in [5.41, 5.74) is 3.16. The Balaban J connectivity index is 1.47. The summed E-state index contributed by atoms with van der Waals surface area (Å²) in [5.74, 6) is 0. The Morgan fingerprint density at radius 3 is 1.32 bits per heavy atom. The van der Waals surface area contributed by atoms with Crippen molar-refractivity contribution >= 4 is 68.3 Å². The van der Waals surface area contributed by atoms with E-state index in [4.69, 9.17) is 23.2 Å². The first-order valence-electron chi connectivity index (χ1n) is 10.9. The molecule has 0 bridgehead atoms. The highest BCUT2D eigenvalue weighted by molar-refractivity contribution is 7.98. The second-order valence-electron chi connectivity index (χ2n) is 7.90. The molecule has 0 saturated heterocycles. The maximum absolute atomic E-state index is 13.3. The summed E-state index contributed by atoms with van der Waals surface area (Å²) in [6.07, 6.45) is 0. The van der Waals surface area contributed by atoms with Gasteiger partial charge in [0.2, 0.25) is 9.84 Å². The minimum absolute atomic E-state index is 0.0196. The van der Waals surface area contributed by atoms with Gasteiger partial charge in [-0.2, -0.15) is 0 Å². The molecule has 188 valence electrons. The predicted octanol–water partition coefficient (Wildman–Crippen LogP) is 10.0. The van der Waals surface area contributed by atoms with Gasteiger partial charge in [-0.3, -0.25) is 0 Å². The van der Waals surface area contributed by atoms with Gasteiger partial charge in [0.05, 0.1) is 31.2 Å². The van der Waals surface area contributed by atoms with Gasteiger partial charge in [-0.1, -0.05) is 58.6 Å². The lowest BCUT2D eigenvalue weighted by molar-refractivity contribution is 0.596. The zero-order valence-corrected chi connectivity index (χ0v) is 23.6. The summed E-state index contributed by atoms with van der Waals surface area (Å²) < 4.78 is 34.7. The van der Waals surface area contributed by atoms with Crippen molar-refractivity contribution in [1.82, 2.24) is 0 Å². The molecule has 0 atom stereocenters. The van der Waals surface area contributed by atoms with Gasteiger partial charge in [-0.25, -0.2) is 8.42 Å². The monoisotopic (exact) mass is 586 g/mol. The Hall–Kier alpha value is -2.69. The average Bonchev–Trinajstić information content (AvgIpc) is 2.86. The van der Waals surface area contributed by atoms with E-state index < -0.39 is 9.84 Å². The zero-order chi connectivity index (χ0) is 26.4. The van der Waals surface area contributed by atoms with Gasteiger partial charge < -0.3 is 0 Å². The molecule has 4 rings (SSSR count). The molecule has 4 aromatic carbocycles. The van der Waals surface area contributed by atoms with E-state index in [-0.39, 0.29) is 19.8 Å². The molecule has 0 aliphatic carbocycles. The fourth-order valence-electron chi connectivity index (χ4n) is 3.09. The predicted molar refractivity (Wildman–Crippen MR) is 151 cm³/mol. The van der Waals surface area contributed by atoms with Crippen molar-refractivity contribution in [3.05, 3.63) is 106 Å². The van der Waals surface area contributed by atoms with E-state index in [1.807, 2.05) is 62.4 Å². The standard InChI is InChI=1S/C26H20Cl2N4O2S3/c1-17-3-9-21(10-4-17)35-31-29-19-7-13-25(23(27)15-19)37(33,34)26-14-8-20(16-24(26)28)30-32-36-22-11-5-18(2)6-12-22/h3-16H,1-2H3. The minimum atomic E-state index is -3.99. The molecule has 0 N–H and O–H groups in total. The van der Waals surface area contributed by atoms with Crippen molar-refractivity contribution in [2.75, 3.05) is 0 Å². The molecule has 0 fully saturated rings. The highest BCUT2D eigenvalue weighted by Crippen LogP contribution is 2.36. The molecule has 11 heteroatoms. The molecular weight excluding hydrogens is 567 g/mol. The first-order chi connectivity index (χ1) is 17.7. The molecule has 37 heavy (non-hydrogen) atoms. The SMILES string of the molecule is Cc1ccc(SN=Nc2ccc(S(=O)(=O)c3ccc(N=NSc4ccc(C)cc4)cc3Cl)c(Cl)c2)cc1. The van der Waals surface area contributed by atoms with Crippen LogP contribution in [-0.2, 0) is 9.84 Å². The van der Waals surface area contributed by atoms with Gasteiger partial charge in [0, 0.05) is 33.7 Å². The van der Waals surface area contributed by atoms with Crippen LogP contribution in [-0.4, -0.2) is 8.42 Å². The number of benzene rings is 4. The first-order valence-corrected chi connectivity index (χ1v) is 14.6. The van der Waals surface area contributed by atoms with Crippen LogP contribution in [0.2, 0.25) is 10.0 Å². The summed E-state index contributed by atoms with van der Waals surface area (Å²) in [7, 11) is -3.99. The lowest BCUT2D eigenvalue weighted by Crippen LogP contribution is -2.03. The van der Waals surface area contributed by atoms with Crippen molar-refractivity contribution in [1.29, 1.82) is 0 Å². The summed E-state index contributed by atoms with van der Waals surface area (Å²) in [4.78, 5) is 1.72. The van der Waals surface area contributed by atoms with Crippen molar-refractivity contribution in [3.8, 4) is 0 Å². The Kier molecular flexibility index (Phi) is 9.04. The quantitative estimate of drug-likeness (QED) is 0.152. The van der Waals surface area contributed by atoms with E-state index >= 15 is 0 Å². The first kappa shape index (κ1) is 27.3. The highest BCUT2D eigenvalue weighted by atomic mass is 35.5. The van der Waals surface area contributed by atoms with Gasteiger partial charge >= 0.3 is 0 Å². The maximum Gasteiger partial charge on any atom is 0.209 e. The van der Waals surface area contributed by atoms with Crippen LogP contribution >= 0.6 is 47.1 Å². The van der Waals surface area contributed by atoms with E-state index in [2.05, 4.69) is 19.3 Å². The largest absolute Gasteiger partial charge is 0.218 e. The molecule has 4 aromatic rings. The third kappa shape index (κ3) is 7.21. The van der Waals surface area contributed by atoms with Crippen molar-refractivity contribution < 1.29 is 8.42 Å². The number of hydrogen-bond acceptors (Lipinski definition) is 8. The van der Waals surface area contributed by atoms with E-state index in [0.29, 0.717) is 11.4 Å². The van der Waals surface area contributed by atoms with Crippen LogP contribution < -0.4 is 0 Å². The fraction of sp³-hybridized carbons (Fsp3) is 0.0769. The molecule has 0 spiro atoms. The Bertz CT molecular complexity index is 1460. The van der Waals surface area contributed by atoms with E-state index in [9.17, 15) is 8.42 Å². The van der Waals surface area contributed by atoms with Crippen molar-refractivity contribution in [2.24, 2.45) is 19.3 Å². The van der Waals surface area contributed by atoms with Gasteiger partial charge in [0.15, 0.2) is 0 Å². The van der Waals surface area contributed by atoms with Crippen LogP contribution in [0.4, 0.5) is 11.4 Å². The van der Waals surface area contributed by atoms with Gasteiger partial charge in [-0.15, -0.1) is 19.3 Å². The number of sulfone groups is 1. The molecule has 0 unspecified atom stereocenters. The number of nitrogens with zero attached hydrogens (tertiary/aromatic N) is 4. The summed E-state index contributed by atoms with van der Waals surface area (Å²) in [5, 5.41) is 8.28. The fourth-order valence-corrected chi connectivity index (χ4v) is 6.38. The summed E-state index contributed by atoms with van der Waals surface area (Å²) in [6, 6.07) is 24.5. The smallest absolute Gasteiger partial charge is 0.209 e. The second kappa shape index (κ2) is 12.2. The lowest BCUT2D eigenvalue weighted by atomic mass is 10.2. The van der Waals surface area contributed by atoms with Crippen LogP contribution in [0.25, 0.3) is 0 Å². The second-order valence-corrected chi connectivity index (χ2v) is 12.2. The summed E-state index contributed by atoms with van der Waals surface area (Å²) in [6.45, 7) is 4.01. The number of hydrogen-bond donors (Lipinski definition) is 0. The van der Waals surface area contributed by atoms with E-state index in [1.54, 1.807) is 0 Å². The lowest BCUT2D eigenvalue weighted by Gasteiger charge is -2.09. The molecular formula is C26H20Cl2N4O2S3. The number of aryl methyl sites for hydroxylation is 2. The van der Waals surface area contributed by atoms with Gasteiger partial charge in [0.25, 0.3) is 0 Å². The van der Waals surface area contributed by atoms with Crippen molar-refractivity contribution in [3.63, 3.8) is 0 Å². The highest BCUT2D eigenvalue weighted by Gasteiger charge is 2.24. The molecule has 0 aliphatic heterocycles. The number of rotatable bonds is 8. The molecule has 0 heterocycles. The van der Waals surface area contributed by atoms with Crippen LogP contribution in [0, 0.1) is 13.8 Å².